The molecular formula is C13H19NO2S. The Labute approximate surface area is 106 Å². The molecule has 1 aromatic heterocycles. The lowest BCUT2D eigenvalue weighted by atomic mass is 9.78. The first-order valence-electron chi connectivity index (χ1n) is 5.94. The minimum atomic E-state index is -0.473. The Morgan fingerprint density at radius 1 is 1.59 bits per heavy atom. The second-order valence-corrected chi connectivity index (χ2v) is 6.13. The molecule has 0 spiro atoms. The number of thiophene rings is 1. The fourth-order valence-electron chi connectivity index (χ4n) is 2.14. The smallest absolute Gasteiger partial charge is 0.172 e. The van der Waals surface area contributed by atoms with Gasteiger partial charge in [0.25, 0.3) is 0 Å². The zero-order chi connectivity index (χ0) is 12.5. The SMILES string of the molecule is Cc1sccc1C(=O)C(C)(C)C1CNCCO1. The molecule has 1 saturated heterocycles. The lowest BCUT2D eigenvalue weighted by molar-refractivity contribution is -0.0324. The van der Waals surface area contributed by atoms with Gasteiger partial charge in [-0.1, -0.05) is 0 Å². The van der Waals surface area contributed by atoms with E-state index in [0.29, 0.717) is 6.61 Å². The van der Waals surface area contributed by atoms with E-state index in [-0.39, 0.29) is 11.9 Å². The van der Waals surface area contributed by atoms with Crippen LogP contribution in [0.4, 0.5) is 0 Å². The third-order valence-corrected chi connectivity index (χ3v) is 4.27. The molecule has 0 radical (unpaired) electrons. The lowest BCUT2D eigenvalue weighted by Crippen LogP contribution is -2.49. The Morgan fingerprint density at radius 2 is 2.35 bits per heavy atom. The van der Waals surface area contributed by atoms with Crippen molar-refractivity contribution in [2.45, 2.75) is 26.9 Å². The Morgan fingerprint density at radius 3 is 2.88 bits per heavy atom. The number of morpholine rings is 1. The molecular weight excluding hydrogens is 234 g/mol. The summed E-state index contributed by atoms with van der Waals surface area (Å²) in [6, 6.07) is 1.92. The minimum Gasteiger partial charge on any atom is -0.375 e. The third-order valence-electron chi connectivity index (χ3n) is 3.42. The van der Waals surface area contributed by atoms with Gasteiger partial charge in [0.2, 0.25) is 0 Å². The summed E-state index contributed by atoms with van der Waals surface area (Å²) in [5, 5.41) is 5.25. The van der Waals surface area contributed by atoms with Crippen LogP contribution in [0, 0.1) is 12.3 Å². The van der Waals surface area contributed by atoms with Crippen LogP contribution in [0.15, 0.2) is 11.4 Å². The van der Waals surface area contributed by atoms with Gasteiger partial charge in [-0.3, -0.25) is 4.79 Å². The molecule has 1 N–H and O–H groups in total. The normalized spacial score (nSPS) is 21.5. The van der Waals surface area contributed by atoms with Crippen molar-refractivity contribution in [1.29, 1.82) is 0 Å². The first kappa shape index (κ1) is 12.7. The molecule has 0 amide bonds. The highest BCUT2D eigenvalue weighted by atomic mass is 32.1. The first-order chi connectivity index (χ1) is 8.03. The molecule has 1 aliphatic rings. The van der Waals surface area contributed by atoms with Crippen molar-refractivity contribution in [2.75, 3.05) is 19.7 Å². The minimum absolute atomic E-state index is 0.0388. The Hall–Kier alpha value is -0.710. The van der Waals surface area contributed by atoms with E-state index in [1.165, 1.54) is 0 Å². The number of carbonyl (C=O) groups excluding carboxylic acids is 1. The van der Waals surface area contributed by atoms with Crippen LogP contribution in [0.3, 0.4) is 0 Å². The molecule has 1 aliphatic heterocycles. The van der Waals surface area contributed by atoms with Crippen LogP contribution < -0.4 is 5.32 Å². The van der Waals surface area contributed by atoms with Crippen molar-refractivity contribution >= 4 is 17.1 Å². The molecule has 17 heavy (non-hydrogen) atoms. The number of hydrogen-bond acceptors (Lipinski definition) is 4. The van der Waals surface area contributed by atoms with Crippen LogP contribution >= 0.6 is 11.3 Å². The van der Waals surface area contributed by atoms with Crippen molar-refractivity contribution in [3.63, 3.8) is 0 Å². The molecule has 3 nitrogen and oxygen atoms in total. The molecule has 94 valence electrons. The number of nitrogens with one attached hydrogen (secondary N) is 1. The molecule has 2 rings (SSSR count). The molecule has 1 aromatic rings. The van der Waals surface area contributed by atoms with E-state index in [0.717, 1.165) is 23.5 Å². The first-order valence-corrected chi connectivity index (χ1v) is 6.82. The second-order valence-electron chi connectivity index (χ2n) is 5.00. The average molecular weight is 253 g/mol. The molecule has 2 heterocycles. The highest BCUT2D eigenvalue weighted by Gasteiger charge is 2.39. The Bertz CT molecular complexity index is 405. The molecule has 0 saturated carbocycles. The molecule has 1 fully saturated rings. The fourth-order valence-corrected chi connectivity index (χ4v) is 2.84. The molecule has 0 bridgehead atoms. The zero-order valence-electron chi connectivity index (χ0n) is 10.6. The van der Waals surface area contributed by atoms with Crippen LogP contribution in [0.25, 0.3) is 0 Å². The molecule has 1 atom stereocenters. The highest BCUT2D eigenvalue weighted by Crippen LogP contribution is 2.31. The van der Waals surface area contributed by atoms with Gasteiger partial charge in [0.1, 0.15) is 0 Å². The summed E-state index contributed by atoms with van der Waals surface area (Å²) in [4.78, 5) is 13.6. The maximum Gasteiger partial charge on any atom is 0.172 e. The largest absolute Gasteiger partial charge is 0.375 e. The number of aryl methyl sites for hydroxylation is 1. The Kier molecular flexibility index (Phi) is 3.66. The Balaban J connectivity index is 2.19. The van der Waals surface area contributed by atoms with Gasteiger partial charge in [0.15, 0.2) is 5.78 Å². The standard InChI is InChI=1S/C13H19NO2S/c1-9-10(4-7-17-9)12(15)13(2,3)11-8-14-5-6-16-11/h4,7,11,14H,5-6,8H2,1-3H3. The van der Waals surface area contributed by atoms with Gasteiger partial charge in [0, 0.05) is 23.5 Å². The average Bonchev–Trinajstić information content (AvgIpc) is 2.75. The zero-order valence-corrected chi connectivity index (χ0v) is 11.4. The second kappa shape index (κ2) is 4.88. The van der Waals surface area contributed by atoms with Crippen molar-refractivity contribution in [3.8, 4) is 0 Å². The summed E-state index contributed by atoms with van der Waals surface area (Å²) in [5.74, 6) is 0.185. The number of carbonyl (C=O) groups is 1. The van der Waals surface area contributed by atoms with Gasteiger partial charge in [-0.25, -0.2) is 0 Å². The summed E-state index contributed by atoms with van der Waals surface area (Å²) >= 11 is 1.62. The topological polar surface area (TPSA) is 38.3 Å². The lowest BCUT2D eigenvalue weighted by Gasteiger charge is -2.35. The van der Waals surface area contributed by atoms with Gasteiger partial charge in [-0.2, -0.15) is 0 Å². The van der Waals surface area contributed by atoms with E-state index in [1.807, 2.05) is 32.2 Å². The number of ketones is 1. The van der Waals surface area contributed by atoms with Crippen LogP contribution in [0.5, 0.6) is 0 Å². The van der Waals surface area contributed by atoms with Crippen molar-refractivity contribution in [2.24, 2.45) is 5.41 Å². The van der Waals surface area contributed by atoms with Gasteiger partial charge in [0.05, 0.1) is 18.1 Å². The van der Waals surface area contributed by atoms with Crippen LogP contribution in [-0.4, -0.2) is 31.6 Å². The number of hydrogen-bond donors (Lipinski definition) is 1. The van der Waals surface area contributed by atoms with E-state index in [9.17, 15) is 4.79 Å². The van der Waals surface area contributed by atoms with Crippen molar-refractivity contribution < 1.29 is 9.53 Å². The molecule has 4 heteroatoms. The quantitative estimate of drug-likeness (QED) is 0.840. The summed E-state index contributed by atoms with van der Waals surface area (Å²) in [7, 11) is 0. The summed E-state index contributed by atoms with van der Waals surface area (Å²) < 4.78 is 5.72. The summed E-state index contributed by atoms with van der Waals surface area (Å²) in [6.07, 6.45) is -0.0388. The van der Waals surface area contributed by atoms with E-state index in [2.05, 4.69) is 5.32 Å². The van der Waals surface area contributed by atoms with Gasteiger partial charge >= 0.3 is 0 Å². The van der Waals surface area contributed by atoms with Gasteiger partial charge in [-0.15, -0.1) is 11.3 Å². The highest BCUT2D eigenvalue weighted by molar-refractivity contribution is 7.10. The van der Waals surface area contributed by atoms with E-state index < -0.39 is 5.41 Å². The summed E-state index contributed by atoms with van der Waals surface area (Å²) in [5.41, 5.74) is 0.369. The van der Waals surface area contributed by atoms with E-state index >= 15 is 0 Å². The predicted octanol–water partition coefficient (Wildman–Crippen LogP) is 2.25. The summed E-state index contributed by atoms with van der Waals surface area (Å²) in [6.45, 7) is 8.26. The molecule has 0 aliphatic carbocycles. The maximum atomic E-state index is 12.5. The van der Waals surface area contributed by atoms with E-state index in [4.69, 9.17) is 4.74 Å². The number of rotatable bonds is 3. The van der Waals surface area contributed by atoms with Crippen LogP contribution in [0.1, 0.15) is 29.1 Å². The van der Waals surface area contributed by atoms with Gasteiger partial charge < -0.3 is 10.1 Å². The van der Waals surface area contributed by atoms with Crippen LogP contribution in [-0.2, 0) is 4.74 Å². The molecule has 0 aromatic carbocycles. The number of Topliss-reactive ketones (excluding diaryl/α,β-unsaturated/α-hetero) is 1. The van der Waals surface area contributed by atoms with E-state index in [1.54, 1.807) is 11.3 Å². The van der Waals surface area contributed by atoms with Crippen molar-refractivity contribution in [3.05, 3.63) is 21.9 Å². The van der Waals surface area contributed by atoms with Gasteiger partial charge in [-0.05, 0) is 32.2 Å². The van der Waals surface area contributed by atoms with Crippen molar-refractivity contribution in [1.82, 2.24) is 5.32 Å². The number of ether oxygens (including phenoxy) is 1. The maximum absolute atomic E-state index is 12.5. The predicted molar refractivity (Wildman–Crippen MR) is 69.8 cm³/mol. The fraction of sp³-hybridized carbons (Fsp3) is 0.615. The van der Waals surface area contributed by atoms with Crippen LogP contribution in [0.2, 0.25) is 0 Å². The third kappa shape index (κ3) is 2.44. The monoisotopic (exact) mass is 253 g/mol. The molecule has 1 unspecified atom stereocenters.